The molecule has 0 radical (unpaired) electrons. The number of rotatable bonds is 4. The Hall–Kier alpha value is -2.94. The van der Waals surface area contributed by atoms with Crippen LogP contribution in [-0.4, -0.2) is 23.3 Å². The van der Waals surface area contributed by atoms with Crippen LogP contribution in [0.4, 0.5) is 0 Å². The predicted molar refractivity (Wildman–Crippen MR) is 98.0 cm³/mol. The average Bonchev–Trinajstić information content (AvgIpc) is 2.88. The van der Waals surface area contributed by atoms with Crippen molar-refractivity contribution in [2.75, 3.05) is 6.54 Å². The molecule has 3 rings (SSSR count). The second-order valence-corrected chi connectivity index (χ2v) is 7.96. The molecule has 2 amide bonds. The summed E-state index contributed by atoms with van der Waals surface area (Å²) in [6.45, 7) is 5.72. The lowest BCUT2D eigenvalue weighted by Gasteiger charge is -2.24. The zero-order valence-electron chi connectivity index (χ0n) is 15.2. The van der Waals surface area contributed by atoms with Crippen LogP contribution in [0.3, 0.4) is 0 Å². The molecule has 1 aliphatic carbocycles. The molecule has 0 fully saturated rings. The van der Waals surface area contributed by atoms with Gasteiger partial charge in [-0.15, -0.1) is 0 Å². The molecule has 0 spiro atoms. The van der Waals surface area contributed by atoms with Crippen molar-refractivity contribution in [3.05, 3.63) is 41.7 Å². The van der Waals surface area contributed by atoms with E-state index < -0.39 is 11.4 Å². The summed E-state index contributed by atoms with van der Waals surface area (Å²) in [6.07, 6.45) is 4.12. The van der Waals surface area contributed by atoms with Gasteiger partial charge in [-0.3, -0.25) is 14.6 Å². The highest BCUT2D eigenvalue weighted by Crippen LogP contribution is 2.40. The fraction of sp³-hybridized carbons (Fsp3) is 0.400. The number of hydrogen-bond acceptors (Lipinski definition) is 4. The first-order valence-corrected chi connectivity index (χ1v) is 8.59. The molecule has 1 heterocycles. The third kappa shape index (κ3) is 3.38. The topological polar surface area (TPSA) is 94.9 Å². The van der Waals surface area contributed by atoms with Gasteiger partial charge in [0.2, 0.25) is 11.8 Å². The lowest BCUT2D eigenvalue weighted by Crippen LogP contribution is -2.48. The van der Waals surface area contributed by atoms with Crippen molar-refractivity contribution in [1.29, 1.82) is 5.26 Å². The standard InChI is InChI=1S/C20H22N4O2/c1-19(2,3)8-16(25)23-11-17(26)24-20(12-21)7-13-5-4-6-14-9-22-10-15(20)18(13)14/h4-6,9-10H,7-8,11H2,1-3H3,(H,23,25)(H,24,26). The third-order valence-electron chi connectivity index (χ3n) is 4.47. The Bertz CT molecular complexity index is 918. The van der Waals surface area contributed by atoms with Crippen molar-refractivity contribution in [3.8, 4) is 6.07 Å². The second kappa shape index (κ2) is 6.41. The van der Waals surface area contributed by atoms with Gasteiger partial charge in [-0.2, -0.15) is 5.26 Å². The highest BCUT2D eigenvalue weighted by molar-refractivity contribution is 5.93. The normalized spacial score (nSPS) is 18.4. The van der Waals surface area contributed by atoms with Crippen LogP contribution in [-0.2, 0) is 21.5 Å². The van der Waals surface area contributed by atoms with E-state index in [1.807, 2.05) is 39.0 Å². The van der Waals surface area contributed by atoms with Crippen molar-refractivity contribution >= 4 is 22.6 Å². The van der Waals surface area contributed by atoms with Crippen molar-refractivity contribution in [2.24, 2.45) is 5.41 Å². The van der Waals surface area contributed by atoms with Crippen LogP contribution < -0.4 is 10.6 Å². The van der Waals surface area contributed by atoms with Gasteiger partial charge in [0.05, 0.1) is 12.6 Å². The van der Waals surface area contributed by atoms with E-state index in [0.717, 1.165) is 16.3 Å². The smallest absolute Gasteiger partial charge is 0.240 e. The minimum Gasteiger partial charge on any atom is -0.347 e. The van der Waals surface area contributed by atoms with Gasteiger partial charge < -0.3 is 10.6 Å². The summed E-state index contributed by atoms with van der Waals surface area (Å²) in [7, 11) is 0. The molecule has 6 nitrogen and oxygen atoms in total. The van der Waals surface area contributed by atoms with Gasteiger partial charge in [-0.05, 0) is 16.4 Å². The van der Waals surface area contributed by atoms with E-state index in [9.17, 15) is 14.9 Å². The Balaban J connectivity index is 1.75. The van der Waals surface area contributed by atoms with Crippen LogP contribution in [0.1, 0.15) is 38.3 Å². The Morgan fingerprint density at radius 1 is 1.27 bits per heavy atom. The van der Waals surface area contributed by atoms with Crippen molar-refractivity contribution in [2.45, 2.75) is 39.2 Å². The summed E-state index contributed by atoms with van der Waals surface area (Å²) >= 11 is 0. The molecule has 1 aromatic heterocycles. The molecule has 0 saturated carbocycles. The molecule has 6 heteroatoms. The molecule has 26 heavy (non-hydrogen) atoms. The zero-order chi connectivity index (χ0) is 18.9. The largest absolute Gasteiger partial charge is 0.347 e. The molecule has 1 aliphatic rings. The van der Waals surface area contributed by atoms with E-state index in [0.29, 0.717) is 18.4 Å². The molecule has 1 aromatic carbocycles. The Morgan fingerprint density at radius 3 is 2.73 bits per heavy atom. The second-order valence-electron chi connectivity index (χ2n) is 7.96. The molecule has 0 aliphatic heterocycles. The lowest BCUT2D eigenvalue weighted by molar-refractivity contribution is -0.127. The number of carbonyl (C=O) groups is 2. The summed E-state index contributed by atoms with van der Waals surface area (Å²) in [6, 6.07) is 8.08. The van der Waals surface area contributed by atoms with Gasteiger partial charge in [0.25, 0.3) is 0 Å². The maximum Gasteiger partial charge on any atom is 0.240 e. The van der Waals surface area contributed by atoms with Crippen molar-refractivity contribution in [3.63, 3.8) is 0 Å². The Morgan fingerprint density at radius 2 is 2.04 bits per heavy atom. The number of pyridine rings is 1. The van der Waals surface area contributed by atoms with Crippen molar-refractivity contribution < 1.29 is 9.59 Å². The van der Waals surface area contributed by atoms with Gasteiger partial charge in [0.1, 0.15) is 0 Å². The molecular weight excluding hydrogens is 328 g/mol. The van der Waals surface area contributed by atoms with E-state index >= 15 is 0 Å². The van der Waals surface area contributed by atoms with Crippen LogP contribution in [0.2, 0.25) is 0 Å². The summed E-state index contributed by atoms with van der Waals surface area (Å²) in [4.78, 5) is 28.5. The summed E-state index contributed by atoms with van der Waals surface area (Å²) in [5.41, 5.74) is 0.422. The number of amides is 2. The molecule has 134 valence electrons. The summed E-state index contributed by atoms with van der Waals surface area (Å²) < 4.78 is 0. The van der Waals surface area contributed by atoms with Crippen LogP contribution >= 0.6 is 0 Å². The monoisotopic (exact) mass is 350 g/mol. The third-order valence-corrected chi connectivity index (χ3v) is 4.47. The molecular formula is C20H22N4O2. The Kier molecular flexibility index (Phi) is 4.41. The van der Waals surface area contributed by atoms with E-state index in [1.54, 1.807) is 12.4 Å². The maximum absolute atomic E-state index is 12.4. The molecule has 0 bridgehead atoms. The molecule has 1 atom stereocenters. The SMILES string of the molecule is CC(C)(C)CC(=O)NCC(=O)NC1(C#N)Cc2cccc3cncc1c23. The number of nitriles is 1. The van der Waals surface area contributed by atoms with E-state index in [4.69, 9.17) is 0 Å². The van der Waals surface area contributed by atoms with Crippen molar-refractivity contribution in [1.82, 2.24) is 15.6 Å². The minimum absolute atomic E-state index is 0.150. The van der Waals surface area contributed by atoms with E-state index in [-0.39, 0.29) is 17.9 Å². The van der Waals surface area contributed by atoms with Crippen LogP contribution in [0.5, 0.6) is 0 Å². The first kappa shape index (κ1) is 17.9. The minimum atomic E-state index is -1.15. The number of benzene rings is 1. The molecule has 0 saturated heterocycles. The average molecular weight is 350 g/mol. The zero-order valence-corrected chi connectivity index (χ0v) is 15.2. The highest BCUT2D eigenvalue weighted by atomic mass is 16.2. The maximum atomic E-state index is 12.4. The van der Waals surface area contributed by atoms with Crippen LogP contribution in [0.15, 0.2) is 30.6 Å². The van der Waals surface area contributed by atoms with E-state index in [2.05, 4.69) is 21.7 Å². The van der Waals surface area contributed by atoms with E-state index in [1.165, 1.54) is 0 Å². The number of carbonyl (C=O) groups excluding carboxylic acids is 2. The molecule has 2 N–H and O–H groups in total. The Labute approximate surface area is 152 Å². The summed E-state index contributed by atoms with van der Waals surface area (Å²) in [5.74, 6) is -0.573. The summed E-state index contributed by atoms with van der Waals surface area (Å²) in [5, 5.41) is 17.2. The van der Waals surface area contributed by atoms with Gasteiger partial charge >= 0.3 is 0 Å². The lowest BCUT2D eigenvalue weighted by atomic mass is 9.92. The number of aromatic nitrogens is 1. The van der Waals surface area contributed by atoms with Gasteiger partial charge in [-0.25, -0.2) is 0 Å². The highest BCUT2D eigenvalue weighted by Gasteiger charge is 2.41. The molecule has 2 aromatic rings. The fourth-order valence-corrected chi connectivity index (χ4v) is 3.41. The van der Waals surface area contributed by atoms with Gasteiger partial charge in [0.15, 0.2) is 5.54 Å². The first-order valence-electron chi connectivity index (χ1n) is 8.59. The van der Waals surface area contributed by atoms with Gasteiger partial charge in [0, 0.05) is 36.2 Å². The fourth-order valence-electron chi connectivity index (χ4n) is 3.41. The van der Waals surface area contributed by atoms with Gasteiger partial charge in [-0.1, -0.05) is 39.0 Å². The molecule has 1 unspecified atom stereocenters. The van der Waals surface area contributed by atoms with Crippen LogP contribution in [0.25, 0.3) is 10.8 Å². The quantitative estimate of drug-likeness (QED) is 0.883. The van der Waals surface area contributed by atoms with Crippen LogP contribution in [0, 0.1) is 16.7 Å². The number of hydrogen-bond donors (Lipinski definition) is 2. The predicted octanol–water partition coefficient (Wildman–Crippen LogP) is 2.18. The number of nitrogens with zero attached hydrogens (tertiary/aromatic N) is 2. The number of nitrogens with one attached hydrogen (secondary N) is 2. The first-order chi connectivity index (χ1) is 12.2.